The van der Waals surface area contributed by atoms with Crippen molar-refractivity contribution in [2.45, 2.75) is 59.5 Å². The minimum Gasteiger partial charge on any atom is -0.482 e. The predicted molar refractivity (Wildman–Crippen MR) is 170 cm³/mol. The molecular formula is C33H44N6O4. The molecule has 43 heavy (non-hydrogen) atoms. The number of unbranched alkanes of at least 4 members (excludes halogenated alkanes) is 1. The molecule has 0 aliphatic heterocycles. The second kappa shape index (κ2) is 15.3. The van der Waals surface area contributed by atoms with E-state index in [1.807, 2.05) is 41.3 Å². The van der Waals surface area contributed by atoms with E-state index in [2.05, 4.69) is 46.0 Å². The van der Waals surface area contributed by atoms with E-state index < -0.39 is 5.97 Å². The highest BCUT2D eigenvalue weighted by molar-refractivity contribution is 6.06. The molecule has 0 radical (unpaired) electrons. The number of hydrogen-bond acceptors (Lipinski definition) is 8. The van der Waals surface area contributed by atoms with E-state index in [4.69, 9.17) is 15.5 Å². The third-order valence-corrected chi connectivity index (χ3v) is 7.72. The number of carbonyl (C=O) groups is 2. The smallest absolute Gasteiger partial charge is 0.343 e. The molecule has 0 aliphatic carbocycles. The summed E-state index contributed by atoms with van der Waals surface area (Å²) in [6.45, 7) is 9.79. The summed E-state index contributed by atoms with van der Waals surface area (Å²) in [4.78, 5) is 38.7. The molecule has 10 heteroatoms. The molecule has 4 rings (SSSR count). The van der Waals surface area contributed by atoms with Gasteiger partial charge in [0, 0.05) is 31.4 Å². The van der Waals surface area contributed by atoms with Crippen LogP contribution in [0.15, 0.2) is 48.5 Å². The zero-order valence-electron chi connectivity index (χ0n) is 25.8. The van der Waals surface area contributed by atoms with Crippen LogP contribution < -0.4 is 10.5 Å². The molecule has 0 saturated heterocycles. The topological polar surface area (TPSA) is 116 Å². The van der Waals surface area contributed by atoms with Gasteiger partial charge in [0.1, 0.15) is 17.1 Å². The van der Waals surface area contributed by atoms with Crippen LogP contribution in [0.3, 0.4) is 0 Å². The van der Waals surface area contributed by atoms with Gasteiger partial charge in [0.25, 0.3) is 0 Å². The Morgan fingerprint density at radius 2 is 1.79 bits per heavy atom. The normalized spacial score (nSPS) is 11.4. The molecule has 0 unspecified atom stereocenters. The first-order valence-corrected chi connectivity index (χ1v) is 15.2. The lowest BCUT2D eigenvalue weighted by molar-refractivity contribution is -0.142. The number of esters is 1. The number of carbonyl (C=O) groups excluding carboxylic acids is 2. The fourth-order valence-corrected chi connectivity index (χ4v) is 5.28. The third-order valence-electron chi connectivity index (χ3n) is 7.72. The number of imidazole rings is 1. The maximum atomic E-state index is 13.6. The fraction of sp³-hybridized carbons (Fsp3) is 0.455. The van der Waals surface area contributed by atoms with E-state index in [9.17, 15) is 9.59 Å². The van der Waals surface area contributed by atoms with Crippen molar-refractivity contribution in [2.75, 3.05) is 45.6 Å². The number of aryl methyl sites for hydroxylation is 2. The summed E-state index contributed by atoms with van der Waals surface area (Å²) in [6, 6.07) is 15.5. The monoisotopic (exact) mass is 588 g/mol. The Morgan fingerprint density at radius 3 is 2.53 bits per heavy atom. The molecule has 1 amide bonds. The summed E-state index contributed by atoms with van der Waals surface area (Å²) in [7, 11) is 1.33. The lowest BCUT2D eigenvalue weighted by Gasteiger charge is -2.27. The van der Waals surface area contributed by atoms with Gasteiger partial charge in [-0.05, 0) is 49.7 Å². The summed E-state index contributed by atoms with van der Waals surface area (Å²) in [5.41, 5.74) is 9.91. The second-order valence-electron chi connectivity index (χ2n) is 10.6. The summed E-state index contributed by atoms with van der Waals surface area (Å²) < 4.78 is 12.5. The molecule has 10 nitrogen and oxygen atoms in total. The molecule has 4 aromatic rings. The fourth-order valence-electron chi connectivity index (χ4n) is 5.28. The van der Waals surface area contributed by atoms with Crippen LogP contribution in [0.5, 0.6) is 5.75 Å². The minimum atomic E-state index is -0.447. The van der Waals surface area contributed by atoms with Crippen LogP contribution in [-0.4, -0.2) is 76.1 Å². The number of nitrogens with zero attached hydrogens (tertiary/aromatic N) is 5. The number of hydrogen-bond donors (Lipinski definition) is 1. The number of benzene rings is 2. The molecular weight excluding hydrogens is 544 g/mol. The molecule has 2 N–H and O–H groups in total. The number of methoxy groups -OCH3 is 1. The Balaban J connectivity index is 1.59. The lowest BCUT2D eigenvalue weighted by Crippen LogP contribution is -2.40. The van der Waals surface area contributed by atoms with Gasteiger partial charge in [-0.1, -0.05) is 57.5 Å². The van der Waals surface area contributed by atoms with Gasteiger partial charge >= 0.3 is 5.97 Å². The molecule has 2 heterocycles. The van der Waals surface area contributed by atoms with E-state index in [-0.39, 0.29) is 12.5 Å². The number of pyridine rings is 1. The third kappa shape index (κ3) is 8.01. The van der Waals surface area contributed by atoms with Crippen molar-refractivity contribution in [3.05, 3.63) is 59.9 Å². The van der Waals surface area contributed by atoms with Crippen molar-refractivity contribution >= 4 is 39.6 Å². The number of nitrogen functional groups attached to an aromatic ring is 1. The van der Waals surface area contributed by atoms with E-state index >= 15 is 0 Å². The molecule has 0 bridgehead atoms. The average Bonchev–Trinajstić information content (AvgIpc) is 3.40. The van der Waals surface area contributed by atoms with Gasteiger partial charge < -0.3 is 24.7 Å². The van der Waals surface area contributed by atoms with Crippen molar-refractivity contribution in [2.24, 2.45) is 0 Å². The molecule has 0 saturated carbocycles. The van der Waals surface area contributed by atoms with E-state index in [1.54, 1.807) is 6.07 Å². The van der Waals surface area contributed by atoms with Gasteiger partial charge in [-0.3, -0.25) is 9.69 Å². The van der Waals surface area contributed by atoms with Crippen LogP contribution in [-0.2, 0) is 33.8 Å². The Hall–Kier alpha value is -4.18. The van der Waals surface area contributed by atoms with Gasteiger partial charge in [0.05, 0.1) is 24.7 Å². The van der Waals surface area contributed by atoms with Crippen LogP contribution >= 0.6 is 0 Å². The number of ether oxygens (including phenoxy) is 2. The molecule has 2 aromatic heterocycles. The maximum Gasteiger partial charge on any atom is 0.343 e. The number of rotatable bonds is 16. The van der Waals surface area contributed by atoms with Crippen LogP contribution in [0.1, 0.15) is 51.4 Å². The molecule has 0 spiro atoms. The number of anilines is 1. The largest absolute Gasteiger partial charge is 0.482 e. The maximum absolute atomic E-state index is 13.6. The first kappa shape index (κ1) is 31.7. The van der Waals surface area contributed by atoms with Crippen molar-refractivity contribution in [1.29, 1.82) is 0 Å². The van der Waals surface area contributed by atoms with Crippen molar-refractivity contribution < 1.29 is 19.1 Å². The molecule has 2 aromatic carbocycles. The van der Waals surface area contributed by atoms with Gasteiger partial charge in [-0.25, -0.2) is 14.8 Å². The zero-order valence-corrected chi connectivity index (χ0v) is 25.8. The minimum absolute atomic E-state index is 0.0742. The molecule has 0 aliphatic rings. The number of likely N-dealkylation sites (N-methyl/N-ethyl adjacent to an activating group) is 1. The number of para-hydroxylation sites is 1. The average molecular weight is 589 g/mol. The summed E-state index contributed by atoms with van der Waals surface area (Å²) in [5, 5.41) is 1.03. The summed E-state index contributed by atoms with van der Waals surface area (Å²) in [5.74, 6) is 1.62. The lowest BCUT2D eigenvalue weighted by atomic mass is 10.1. The van der Waals surface area contributed by atoms with Crippen LogP contribution in [0.25, 0.3) is 21.9 Å². The van der Waals surface area contributed by atoms with E-state index in [0.29, 0.717) is 37.7 Å². The predicted octanol–water partition coefficient (Wildman–Crippen LogP) is 4.82. The Labute approximate surface area is 253 Å². The summed E-state index contributed by atoms with van der Waals surface area (Å²) >= 11 is 0. The highest BCUT2D eigenvalue weighted by atomic mass is 16.6. The Bertz CT molecular complexity index is 1530. The molecule has 0 atom stereocenters. The van der Waals surface area contributed by atoms with Crippen molar-refractivity contribution in [1.82, 2.24) is 24.3 Å². The van der Waals surface area contributed by atoms with Gasteiger partial charge in [0.15, 0.2) is 12.4 Å². The number of nitrogens with two attached hydrogens (primary N) is 1. The van der Waals surface area contributed by atoms with Crippen LogP contribution in [0, 0.1) is 0 Å². The molecule has 230 valence electrons. The van der Waals surface area contributed by atoms with E-state index in [0.717, 1.165) is 72.1 Å². The van der Waals surface area contributed by atoms with Gasteiger partial charge in [-0.15, -0.1) is 0 Å². The van der Waals surface area contributed by atoms with Crippen molar-refractivity contribution in [3.8, 4) is 5.75 Å². The standard InChI is InChI=1S/C33H44N6O4/c1-5-8-17-28-36-31-32(26-15-9-10-16-27(26)35-33(31)34)39(28)19-12-18-38(29(40)22-37(6-2)7-3)21-24-13-11-14-25(20-24)43-23-30(41)42-4/h9-11,13-16,20H,5-8,12,17-19,21-23H2,1-4H3,(H2,34,35). The van der Waals surface area contributed by atoms with Crippen molar-refractivity contribution in [3.63, 3.8) is 0 Å². The summed E-state index contributed by atoms with van der Waals surface area (Å²) in [6.07, 6.45) is 3.68. The van der Waals surface area contributed by atoms with Crippen LogP contribution in [0.2, 0.25) is 0 Å². The quantitative estimate of drug-likeness (QED) is 0.185. The number of fused-ring (bicyclic) bond motifs is 3. The van der Waals surface area contributed by atoms with Gasteiger partial charge in [0.2, 0.25) is 5.91 Å². The SMILES string of the molecule is CCCCc1nc2c(N)nc3ccccc3c2n1CCCN(Cc1cccc(OCC(=O)OC)c1)C(=O)CN(CC)CC. The zero-order chi connectivity index (χ0) is 30.8. The number of amides is 1. The van der Waals surface area contributed by atoms with E-state index in [1.165, 1.54) is 7.11 Å². The Kier molecular flexibility index (Phi) is 11.3. The second-order valence-corrected chi connectivity index (χ2v) is 10.6. The highest BCUT2D eigenvalue weighted by Crippen LogP contribution is 2.29. The molecule has 0 fully saturated rings. The first-order valence-electron chi connectivity index (χ1n) is 15.2. The van der Waals surface area contributed by atoms with Crippen LogP contribution in [0.4, 0.5) is 5.82 Å². The first-order chi connectivity index (χ1) is 20.9. The highest BCUT2D eigenvalue weighted by Gasteiger charge is 2.20. The Morgan fingerprint density at radius 1 is 1.00 bits per heavy atom. The number of aromatic nitrogens is 3. The van der Waals surface area contributed by atoms with Gasteiger partial charge in [-0.2, -0.15) is 0 Å².